The maximum absolute atomic E-state index is 14.3. The Bertz CT molecular complexity index is 1590. The number of alkyl halides is 3. The topological polar surface area (TPSA) is 69.6 Å². The summed E-state index contributed by atoms with van der Waals surface area (Å²) >= 11 is 0. The molecule has 1 aliphatic heterocycles. The van der Waals surface area contributed by atoms with Crippen LogP contribution >= 0.6 is 0 Å². The largest absolute Gasteiger partial charge is 0.418 e. The van der Waals surface area contributed by atoms with Crippen LogP contribution in [0.5, 0.6) is 0 Å². The number of ether oxygens (including phenoxy) is 1. The highest BCUT2D eigenvalue weighted by Gasteiger charge is 2.42. The minimum absolute atomic E-state index is 0.0145. The van der Waals surface area contributed by atoms with E-state index in [0.717, 1.165) is 37.1 Å². The lowest BCUT2D eigenvalue weighted by Gasteiger charge is -2.41. The van der Waals surface area contributed by atoms with Crippen molar-refractivity contribution in [3.63, 3.8) is 0 Å². The molecule has 6 rings (SSSR count). The molecule has 0 unspecified atom stereocenters. The normalized spacial score (nSPS) is 21.2. The fourth-order valence-electron chi connectivity index (χ4n) is 6.25. The van der Waals surface area contributed by atoms with Gasteiger partial charge in [0.1, 0.15) is 12.2 Å². The third kappa shape index (κ3) is 4.64. The number of rotatable bonds is 6. The molecule has 1 aliphatic carbocycles. The molecule has 1 aromatic carbocycles. The Morgan fingerprint density at radius 3 is 2.45 bits per heavy atom. The van der Waals surface area contributed by atoms with Crippen LogP contribution in [0.4, 0.5) is 13.2 Å². The Labute approximate surface area is 230 Å². The highest BCUT2D eigenvalue weighted by atomic mass is 19.4. The van der Waals surface area contributed by atoms with Crippen molar-refractivity contribution in [3.05, 3.63) is 82.1 Å². The van der Waals surface area contributed by atoms with Gasteiger partial charge in [0.2, 0.25) is 0 Å². The van der Waals surface area contributed by atoms with Gasteiger partial charge in [0.25, 0.3) is 0 Å². The van der Waals surface area contributed by atoms with Gasteiger partial charge in [-0.05, 0) is 75.0 Å². The number of hydrogen-bond acceptors (Lipinski definition) is 5. The summed E-state index contributed by atoms with van der Waals surface area (Å²) in [6.45, 7) is 0.960. The molecule has 8 nitrogen and oxygen atoms in total. The smallest absolute Gasteiger partial charge is 0.379 e. The van der Waals surface area contributed by atoms with E-state index < -0.39 is 17.4 Å². The summed E-state index contributed by atoms with van der Waals surface area (Å²) in [7, 11) is 5.95. The second kappa shape index (κ2) is 9.88. The van der Waals surface area contributed by atoms with Crippen LogP contribution in [0, 0.1) is 0 Å². The van der Waals surface area contributed by atoms with E-state index in [1.807, 2.05) is 43.9 Å². The molecule has 0 spiro atoms. The number of hydrogen-bond donors (Lipinski definition) is 0. The molecule has 40 heavy (non-hydrogen) atoms. The Kier molecular flexibility index (Phi) is 6.61. The van der Waals surface area contributed by atoms with Crippen molar-refractivity contribution >= 4 is 5.52 Å². The van der Waals surface area contributed by atoms with E-state index in [0.29, 0.717) is 36.9 Å². The fraction of sp³-hybridized carbons (Fsp3) is 0.483. The Morgan fingerprint density at radius 1 is 1.10 bits per heavy atom. The molecule has 2 fully saturated rings. The predicted molar refractivity (Wildman–Crippen MR) is 144 cm³/mol. The molecule has 212 valence electrons. The van der Waals surface area contributed by atoms with Crippen molar-refractivity contribution in [3.8, 4) is 5.69 Å². The van der Waals surface area contributed by atoms with E-state index in [2.05, 4.69) is 15.1 Å². The lowest BCUT2D eigenvalue weighted by molar-refractivity contribution is -0.136. The molecule has 0 atom stereocenters. The van der Waals surface area contributed by atoms with Gasteiger partial charge in [0.15, 0.2) is 0 Å². The van der Waals surface area contributed by atoms with E-state index in [1.54, 1.807) is 18.6 Å². The predicted octanol–water partition coefficient (Wildman–Crippen LogP) is 4.34. The van der Waals surface area contributed by atoms with Gasteiger partial charge in [0, 0.05) is 37.3 Å². The van der Waals surface area contributed by atoms with Crippen molar-refractivity contribution in [2.75, 3.05) is 27.3 Å². The summed E-state index contributed by atoms with van der Waals surface area (Å²) in [5.74, 6) is 0.793. The average molecular weight is 555 g/mol. The standard InChI is InChI=1S/C29H33F3N6O2/c1-35(2)22-9-7-19(8-10-22)20-11-24(29(30,31)32)25-15-37(27(39)38(25)14-20)23-6-4-5-21(12-23)28(16-40-17-28)13-26-34-33-18-36(26)3/h4-6,11-12,14-15,18-19,22H,7-10,13,16-17H2,1-3H3. The molecular weight excluding hydrogens is 521 g/mol. The molecule has 11 heteroatoms. The number of pyridine rings is 1. The zero-order valence-corrected chi connectivity index (χ0v) is 22.9. The molecule has 2 aliphatic rings. The number of aromatic nitrogens is 5. The first-order chi connectivity index (χ1) is 19.1. The first-order valence-corrected chi connectivity index (χ1v) is 13.6. The lowest BCUT2D eigenvalue weighted by atomic mass is 9.75. The zero-order chi connectivity index (χ0) is 28.2. The zero-order valence-electron chi connectivity index (χ0n) is 22.9. The number of halogens is 3. The summed E-state index contributed by atoms with van der Waals surface area (Å²) in [5.41, 5.74) is 0.225. The monoisotopic (exact) mass is 554 g/mol. The van der Waals surface area contributed by atoms with Gasteiger partial charge in [-0.2, -0.15) is 13.2 Å². The quantitative estimate of drug-likeness (QED) is 0.355. The number of nitrogens with zero attached hydrogens (tertiary/aromatic N) is 6. The van der Waals surface area contributed by atoms with E-state index in [1.165, 1.54) is 21.2 Å². The first kappa shape index (κ1) is 26.8. The summed E-state index contributed by atoms with van der Waals surface area (Å²) in [4.78, 5) is 15.8. The van der Waals surface area contributed by atoms with E-state index in [4.69, 9.17) is 4.74 Å². The van der Waals surface area contributed by atoms with Gasteiger partial charge >= 0.3 is 11.9 Å². The molecule has 0 N–H and O–H groups in total. The van der Waals surface area contributed by atoms with Crippen molar-refractivity contribution in [1.29, 1.82) is 0 Å². The first-order valence-electron chi connectivity index (χ1n) is 13.6. The second-order valence-electron chi connectivity index (χ2n) is 11.5. The van der Waals surface area contributed by atoms with Crippen LogP contribution in [0.2, 0.25) is 0 Å². The van der Waals surface area contributed by atoms with Gasteiger partial charge in [0.05, 0.1) is 30.0 Å². The second-order valence-corrected chi connectivity index (χ2v) is 11.5. The third-order valence-corrected chi connectivity index (χ3v) is 8.79. The number of benzene rings is 1. The highest BCUT2D eigenvalue weighted by molar-refractivity contribution is 5.58. The summed E-state index contributed by atoms with van der Waals surface area (Å²) < 4.78 is 52.8. The highest BCUT2D eigenvalue weighted by Crippen LogP contribution is 2.40. The van der Waals surface area contributed by atoms with Crippen LogP contribution in [0.1, 0.15) is 54.1 Å². The van der Waals surface area contributed by atoms with Crippen LogP contribution in [-0.2, 0) is 29.8 Å². The third-order valence-electron chi connectivity index (χ3n) is 8.79. The molecule has 0 bridgehead atoms. The van der Waals surface area contributed by atoms with Crippen LogP contribution < -0.4 is 5.69 Å². The molecular formula is C29H33F3N6O2. The van der Waals surface area contributed by atoms with Gasteiger partial charge < -0.3 is 14.2 Å². The summed E-state index contributed by atoms with van der Waals surface area (Å²) in [6.07, 6.45) is 3.98. The molecule has 3 aromatic heterocycles. The SMILES string of the molecule is CN(C)C1CCC(c2cc(C(F)(F)F)c3cn(-c4cccc(C5(Cc6nncn6C)COC5)c4)c(=O)n3c2)CC1. The van der Waals surface area contributed by atoms with Crippen LogP contribution in [0.3, 0.4) is 0 Å². The Balaban J connectivity index is 1.40. The molecule has 4 aromatic rings. The van der Waals surface area contributed by atoms with Crippen LogP contribution in [0.25, 0.3) is 11.2 Å². The Morgan fingerprint density at radius 2 is 1.85 bits per heavy atom. The van der Waals surface area contributed by atoms with Gasteiger partial charge in [-0.3, -0.25) is 8.97 Å². The van der Waals surface area contributed by atoms with E-state index >= 15 is 0 Å². The van der Waals surface area contributed by atoms with Crippen LogP contribution in [-0.4, -0.2) is 62.0 Å². The number of imidazole rings is 1. The summed E-state index contributed by atoms with van der Waals surface area (Å²) in [6, 6.07) is 9.09. The average Bonchev–Trinajstić information content (AvgIpc) is 3.47. The van der Waals surface area contributed by atoms with Crippen molar-refractivity contribution in [1.82, 2.24) is 28.6 Å². The maximum Gasteiger partial charge on any atom is 0.418 e. The minimum atomic E-state index is -4.59. The molecule has 1 saturated heterocycles. The lowest BCUT2D eigenvalue weighted by Crippen LogP contribution is -2.49. The van der Waals surface area contributed by atoms with Crippen LogP contribution in [0.15, 0.2) is 53.8 Å². The molecule has 4 heterocycles. The van der Waals surface area contributed by atoms with Gasteiger partial charge in [-0.15, -0.1) is 10.2 Å². The van der Waals surface area contributed by atoms with Gasteiger partial charge in [-0.1, -0.05) is 12.1 Å². The number of fused-ring (bicyclic) bond motifs is 1. The van der Waals surface area contributed by atoms with Gasteiger partial charge in [-0.25, -0.2) is 4.79 Å². The molecule has 1 saturated carbocycles. The van der Waals surface area contributed by atoms with E-state index in [9.17, 15) is 18.0 Å². The fourth-order valence-corrected chi connectivity index (χ4v) is 6.25. The van der Waals surface area contributed by atoms with E-state index in [-0.39, 0.29) is 16.8 Å². The van der Waals surface area contributed by atoms with Crippen molar-refractivity contribution in [2.45, 2.75) is 55.7 Å². The molecule has 0 amide bonds. The Hall–Kier alpha value is -3.44. The number of aryl methyl sites for hydroxylation is 1. The molecule has 0 radical (unpaired) electrons. The van der Waals surface area contributed by atoms with Crippen molar-refractivity contribution < 1.29 is 17.9 Å². The maximum atomic E-state index is 14.3. The minimum Gasteiger partial charge on any atom is -0.379 e. The van der Waals surface area contributed by atoms with Crippen molar-refractivity contribution in [2.24, 2.45) is 7.05 Å². The summed E-state index contributed by atoms with van der Waals surface area (Å²) in [5, 5.41) is 8.18.